The first-order valence-corrected chi connectivity index (χ1v) is 5.84. The highest BCUT2D eigenvalue weighted by molar-refractivity contribution is 7.80. The van der Waals surface area contributed by atoms with Crippen molar-refractivity contribution in [3.63, 3.8) is 0 Å². The van der Waals surface area contributed by atoms with Crippen molar-refractivity contribution in [2.24, 2.45) is 5.41 Å². The average molecular weight is 240 g/mol. The number of carbonyl (C=O) groups excluding carboxylic acids is 1. The molecule has 0 atom stereocenters. The van der Waals surface area contributed by atoms with Gasteiger partial charge in [-0.3, -0.25) is 9.35 Å². The molecular weight excluding hydrogens is 224 g/mol. The van der Waals surface area contributed by atoms with Crippen molar-refractivity contribution in [2.75, 3.05) is 13.2 Å². The molecule has 0 bridgehead atoms. The summed E-state index contributed by atoms with van der Waals surface area (Å²) in [6.07, 6.45) is 0.616. The Bertz CT molecular complexity index is 305. The average Bonchev–Trinajstić information content (AvgIpc) is 2.10. The van der Waals surface area contributed by atoms with Crippen LogP contribution in [-0.2, 0) is 24.1 Å². The largest absolute Gasteiger partial charge is 0.463 e. The summed E-state index contributed by atoms with van der Waals surface area (Å²) in [5.74, 6) is -0.427. The molecule has 0 aromatic carbocycles. The SMILES string of the molecule is CCC(C)(C)C(=O)OCCOS(=O)(=O)O. The summed E-state index contributed by atoms with van der Waals surface area (Å²) >= 11 is 0. The molecule has 0 unspecified atom stereocenters. The minimum Gasteiger partial charge on any atom is -0.463 e. The van der Waals surface area contributed by atoms with E-state index in [0.29, 0.717) is 6.42 Å². The summed E-state index contributed by atoms with van der Waals surface area (Å²) in [6.45, 7) is 4.69. The van der Waals surface area contributed by atoms with Gasteiger partial charge in [0.25, 0.3) is 0 Å². The monoisotopic (exact) mass is 240 g/mol. The number of hydrogen-bond donors (Lipinski definition) is 1. The molecule has 0 heterocycles. The molecular formula is C8H16O6S. The number of hydrogen-bond acceptors (Lipinski definition) is 5. The fourth-order valence-corrected chi connectivity index (χ4v) is 0.892. The zero-order valence-corrected chi connectivity index (χ0v) is 9.83. The van der Waals surface area contributed by atoms with Crippen molar-refractivity contribution in [3.05, 3.63) is 0 Å². The highest BCUT2D eigenvalue weighted by atomic mass is 32.3. The summed E-state index contributed by atoms with van der Waals surface area (Å²) in [7, 11) is -4.45. The fourth-order valence-electron chi connectivity index (χ4n) is 0.613. The van der Waals surface area contributed by atoms with Crippen LogP contribution in [0, 0.1) is 5.41 Å². The molecule has 0 saturated heterocycles. The Balaban J connectivity index is 3.84. The zero-order chi connectivity index (χ0) is 12.1. The third-order valence-corrected chi connectivity index (χ3v) is 2.45. The molecule has 0 radical (unpaired) electrons. The van der Waals surface area contributed by atoms with E-state index in [1.165, 1.54) is 0 Å². The van der Waals surface area contributed by atoms with E-state index < -0.39 is 21.8 Å². The van der Waals surface area contributed by atoms with Gasteiger partial charge in [-0.05, 0) is 20.3 Å². The van der Waals surface area contributed by atoms with E-state index in [1.54, 1.807) is 13.8 Å². The van der Waals surface area contributed by atoms with Crippen LogP contribution >= 0.6 is 0 Å². The van der Waals surface area contributed by atoms with Crippen molar-refractivity contribution in [3.8, 4) is 0 Å². The van der Waals surface area contributed by atoms with Crippen LogP contribution < -0.4 is 0 Å². The van der Waals surface area contributed by atoms with Gasteiger partial charge in [0, 0.05) is 0 Å². The molecule has 1 N–H and O–H groups in total. The van der Waals surface area contributed by atoms with Crippen LogP contribution in [0.3, 0.4) is 0 Å². The molecule has 6 nitrogen and oxygen atoms in total. The Morgan fingerprint density at radius 2 is 1.87 bits per heavy atom. The lowest BCUT2D eigenvalue weighted by molar-refractivity contribution is -0.154. The van der Waals surface area contributed by atoms with Crippen LogP contribution in [0.1, 0.15) is 27.2 Å². The van der Waals surface area contributed by atoms with Crippen LogP contribution in [0.25, 0.3) is 0 Å². The maximum absolute atomic E-state index is 11.3. The summed E-state index contributed by atoms with van der Waals surface area (Å²) in [5.41, 5.74) is -0.599. The minimum atomic E-state index is -4.45. The van der Waals surface area contributed by atoms with Crippen molar-refractivity contribution in [1.82, 2.24) is 0 Å². The van der Waals surface area contributed by atoms with Gasteiger partial charge < -0.3 is 4.74 Å². The molecule has 0 fully saturated rings. The Labute approximate surface area is 89.5 Å². The van der Waals surface area contributed by atoms with E-state index in [9.17, 15) is 13.2 Å². The first-order chi connectivity index (χ1) is 6.69. The Hall–Kier alpha value is -0.660. The molecule has 0 rings (SSSR count). The summed E-state index contributed by atoms with van der Waals surface area (Å²) in [6, 6.07) is 0. The van der Waals surface area contributed by atoms with Gasteiger partial charge in [-0.2, -0.15) is 8.42 Å². The summed E-state index contributed by atoms with van der Waals surface area (Å²) in [5, 5.41) is 0. The molecule has 0 amide bonds. The van der Waals surface area contributed by atoms with E-state index >= 15 is 0 Å². The van der Waals surface area contributed by atoms with Crippen molar-refractivity contribution < 1.29 is 26.7 Å². The molecule has 0 spiro atoms. The molecule has 0 saturated carbocycles. The van der Waals surface area contributed by atoms with Gasteiger partial charge in [0.05, 0.1) is 5.41 Å². The normalized spacial score (nSPS) is 12.5. The number of ether oxygens (including phenoxy) is 1. The van der Waals surface area contributed by atoms with Gasteiger partial charge in [0.1, 0.15) is 13.2 Å². The van der Waals surface area contributed by atoms with Gasteiger partial charge in [-0.15, -0.1) is 0 Å². The van der Waals surface area contributed by atoms with E-state index in [0.717, 1.165) is 0 Å². The third kappa shape index (κ3) is 6.43. The van der Waals surface area contributed by atoms with Crippen LogP contribution in [0.2, 0.25) is 0 Å². The van der Waals surface area contributed by atoms with Gasteiger partial charge in [0.15, 0.2) is 0 Å². The van der Waals surface area contributed by atoms with Gasteiger partial charge in [0.2, 0.25) is 0 Å². The molecule has 0 aliphatic carbocycles. The van der Waals surface area contributed by atoms with E-state index in [1.807, 2.05) is 6.92 Å². The summed E-state index contributed by atoms with van der Waals surface area (Å²) in [4.78, 5) is 11.3. The third-order valence-electron chi connectivity index (χ3n) is 1.99. The molecule has 0 aliphatic heterocycles. The van der Waals surface area contributed by atoms with E-state index in [-0.39, 0.29) is 13.2 Å². The Morgan fingerprint density at radius 1 is 1.33 bits per heavy atom. The maximum atomic E-state index is 11.3. The van der Waals surface area contributed by atoms with Crippen LogP contribution in [-0.4, -0.2) is 32.2 Å². The van der Waals surface area contributed by atoms with Crippen molar-refractivity contribution in [1.29, 1.82) is 0 Å². The predicted octanol–water partition coefficient (Wildman–Crippen LogP) is 0.785. The zero-order valence-electron chi connectivity index (χ0n) is 9.02. The number of carbonyl (C=O) groups is 1. The maximum Gasteiger partial charge on any atom is 0.397 e. The Morgan fingerprint density at radius 3 is 2.27 bits per heavy atom. The number of esters is 1. The molecule has 90 valence electrons. The highest BCUT2D eigenvalue weighted by Crippen LogP contribution is 2.21. The molecule has 7 heteroatoms. The molecule has 0 aromatic rings. The lowest BCUT2D eigenvalue weighted by Gasteiger charge is -2.19. The summed E-state index contributed by atoms with van der Waals surface area (Å²) < 4.78 is 37.2. The molecule has 15 heavy (non-hydrogen) atoms. The molecule has 0 aromatic heterocycles. The topological polar surface area (TPSA) is 89.9 Å². The predicted molar refractivity (Wildman–Crippen MR) is 52.5 cm³/mol. The minimum absolute atomic E-state index is 0.206. The first-order valence-electron chi connectivity index (χ1n) is 4.48. The molecule has 0 aliphatic rings. The second-order valence-corrected chi connectivity index (χ2v) is 4.71. The first kappa shape index (κ1) is 14.3. The van der Waals surface area contributed by atoms with Gasteiger partial charge in [-0.1, -0.05) is 6.92 Å². The van der Waals surface area contributed by atoms with Crippen LogP contribution in [0.4, 0.5) is 0 Å². The quantitative estimate of drug-likeness (QED) is 0.419. The van der Waals surface area contributed by atoms with Crippen LogP contribution in [0.5, 0.6) is 0 Å². The van der Waals surface area contributed by atoms with Crippen molar-refractivity contribution in [2.45, 2.75) is 27.2 Å². The van der Waals surface area contributed by atoms with Gasteiger partial charge >= 0.3 is 16.4 Å². The van der Waals surface area contributed by atoms with E-state index in [2.05, 4.69) is 4.18 Å². The fraction of sp³-hybridized carbons (Fsp3) is 0.875. The second-order valence-electron chi connectivity index (χ2n) is 3.62. The number of rotatable bonds is 6. The smallest absolute Gasteiger partial charge is 0.397 e. The Kier molecular flexibility index (Phi) is 5.19. The lowest BCUT2D eigenvalue weighted by atomic mass is 9.91. The standard InChI is InChI=1S/C8H16O6S/c1-4-8(2,3)7(9)13-5-6-14-15(10,11)12/h4-6H2,1-3H3,(H,10,11,12). The highest BCUT2D eigenvalue weighted by Gasteiger charge is 2.26. The van der Waals surface area contributed by atoms with E-state index in [4.69, 9.17) is 9.29 Å². The van der Waals surface area contributed by atoms with Crippen LogP contribution in [0.15, 0.2) is 0 Å². The second kappa shape index (κ2) is 5.43. The lowest BCUT2D eigenvalue weighted by Crippen LogP contribution is -2.27. The van der Waals surface area contributed by atoms with Crippen molar-refractivity contribution >= 4 is 16.4 Å². The van der Waals surface area contributed by atoms with Gasteiger partial charge in [-0.25, -0.2) is 4.18 Å².